The highest BCUT2D eigenvalue weighted by Gasteiger charge is 2.12. The standard InChI is InChI=1S/C7H9NO3/c1-3-11-7(10)6(4-8)5(2)9/h9H,3H2,1-2H3/b6-5+. The maximum atomic E-state index is 10.8. The van der Waals surface area contributed by atoms with Crippen LogP contribution in [-0.2, 0) is 9.53 Å². The number of ether oxygens (including phenoxy) is 1. The van der Waals surface area contributed by atoms with Crippen molar-refractivity contribution in [1.82, 2.24) is 0 Å². The number of allylic oxidation sites excluding steroid dienone is 1. The Kier molecular flexibility index (Phi) is 3.75. The van der Waals surface area contributed by atoms with Crippen molar-refractivity contribution >= 4 is 5.97 Å². The van der Waals surface area contributed by atoms with E-state index in [1.54, 1.807) is 13.0 Å². The largest absolute Gasteiger partial charge is 0.511 e. The molecule has 0 aliphatic rings. The van der Waals surface area contributed by atoms with Gasteiger partial charge in [-0.1, -0.05) is 0 Å². The maximum Gasteiger partial charge on any atom is 0.352 e. The number of aliphatic hydroxyl groups is 1. The molecule has 0 amide bonds. The average molecular weight is 155 g/mol. The fourth-order valence-electron chi connectivity index (χ4n) is 0.478. The predicted octanol–water partition coefficient (Wildman–Crippen LogP) is 0.905. The van der Waals surface area contributed by atoms with Crippen molar-refractivity contribution in [3.05, 3.63) is 11.3 Å². The zero-order chi connectivity index (χ0) is 8.85. The summed E-state index contributed by atoms with van der Waals surface area (Å²) in [5, 5.41) is 17.1. The summed E-state index contributed by atoms with van der Waals surface area (Å²) in [4.78, 5) is 10.8. The number of nitriles is 1. The van der Waals surface area contributed by atoms with E-state index in [-0.39, 0.29) is 17.9 Å². The highest BCUT2D eigenvalue weighted by molar-refractivity contribution is 5.93. The molecule has 0 aromatic rings. The highest BCUT2D eigenvalue weighted by Crippen LogP contribution is 2.01. The van der Waals surface area contributed by atoms with E-state index >= 15 is 0 Å². The number of hydrogen-bond acceptors (Lipinski definition) is 4. The summed E-state index contributed by atoms with van der Waals surface area (Å²) in [6.07, 6.45) is 0. The van der Waals surface area contributed by atoms with E-state index in [2.05, 4.69) is 4.74 Å². The van der Waals surface area contributed by atoms with Gasteiger partial charge in [-0.15, -0.1) is 0 Å². The molecule has 0 saturated carbocycles. The molecule has 0 heterocycles. The molecule has 0 aromatic heterocycles. The number of rotatable bonds is 2. The van der Waals surface area contributed by atoms with Crippen LogP contribution in [0.4, 0.5) is 0 Å². The molecule has 60 valence electrons. The van der Waals surface area contributed by atoms with E-state index in [1.165, 1.54) is 6.92 Å². The minimum Gasteiger partial charge on any atom is -0.511 e. The van der Waals surface area contributed by atoms with Crippen LogP contribution in [0.5, 0.6) is 0 Å². The van der Waals surface area contributed by atoms with Crippen LogP contribution in [-0.4, -0.2) is 17.7 Å². The van der Waals surface area contributed by atoms with Crippen molar-refractivity contribution in [1.29, 1.82) is 5.26 Å². The topological polar surface area (TPSA) is 70.3 Å². The van der Waals surface area contributed by atoms with Gasteiger partial charge in [0.15, 0.2) is 5.57 Å². The fourth-order valence-corrected chi connectivity index (χ4v) is 0.478. The van der Waals surface area contributed by atoms with Crippen molar-refractivity contribution in [3.8, 4) is 6.07 Å². The summed E-state index contributed by atoms with van der Waals surface area (Å²) >= 11 is 0. The molecule has 0 aliphatic carbocycles. The van der Waals surface area contributed by atoms with Gasteiger partial charge in [0.05, 0.1) is 6.61 Å². The molecule has 11 heavy (non-hydrogen) atoms. The van der Waals surface area contributed by atoms with Gasteiger partial charge in [0, 0.05) is 0 Å². The summed E-state index contributed by atoms with van der Waals surface area (Å²) in [5.41, 5.74) is -0.341. The maximum absolute atomic E-state index is 10.8. The molecule has 4 heteroatoms. The first-order chi connectivity index (χ1) is 5.13. The van der Waals surface area contributed by atoms with Crippen LogP contribution in [0.25, 0.3) is 0 Å². The van der Waals surface area contributed by atoms with Gasteiger partial charge in [0.25, 0.3) is 0 Å². The van der Waals surface area contributed by atoms with Crippen LogP contribution in [0.1, 0.15) is 13.8 Å². The molecule has 1 N–H and O–H groups in total. The van der Waals surface area contributed by atoms with E-state index in [1.807, 2.05) is 0 Å². The lowest BCUT2D eigenvalue weighted by atomic mass is 10.2. The summed E-state index contributed by atoms with van der Waals surface area (Å²) in [6.45, 7) is 3.08. The van der Waals surface area contributed by atoms with Crippen LogP contribution < -0.4 is 0 Å². The van der Waals surface area contributed by atoms with Crippen molar-refractivity contribution < 1.29 is 14.6 Å². The monoisotopic (exact) mass is 155 g/mol. The first kappa shape index (κ1) is 9.50. The number of esters is 1. The van der Waals surface area contributed by atoms with Crippen molar-refractivity contribution in [2.45, 2.75) is 13.8 Å². The molecule has 0 aliphatic heterocycles. The first-order valence-corrected chi connectivity index (χ1v) is 3.10. The molecule has 0 unspecified atom stereocenters. The third kappa shape index (κ3) is 2.72. The van der Waals surface area contributed by atoms with Gasteiger partial charge in [-0.2, -0.15) is 5.26 Å². The second-order valence-electron chi connectivity index (χ2n) is 1.79. The number of nitrogens with zero attached hydrogens (tertiary/aromatic N) is 1. The molecule has 4 nitrogen and oxygen atoms in total. The molecular weight excluding hydrogens is 146 g/mol. The third-order valence-corrected chi connectivity index (χ3v) is 0.953. The van der Waals surface area contributed by atoms with Crippen LogP contribution in [0.15, 0.2) is 11.3 Å². The molecule has 0 aromatic carbocycles. The van der Waals surface area contributed by atoms with Crippen LogP contribution in [0.3, 0.4) is 0 Å². The Morgan fingerprint density at radius 1 is 1.73 bits per heavy atom. The van der Waals surface area contributed by atoms with Crippen molar-refractivity contribution in [3.63, 3.8) is 0 Å². The van der Waals surface area contributed by atoms with E-state index in [0.717, 1.165) is 0 Å². The van der Waals surface area contributed by atoms with E-state index in [4.69, 9.17) is 10.4 Å². The molecule has 0 bridgehead atoms. The quantitative estimate of drug-likeness (QED) is 0.278. The molecule has 0 radical (unpaired) electrons. The summed E-state index contributed by atoms with van der Waals surface area (Å²) in [7, 11) is 0. The lowest BCUT2D eigenvalue weighted by Crippen LogP contribution is -2.07. The molecular formula is C7H9NO3. The van der Waals surface area contributed by atoms with Crippen LogP contribution in [0.2, 0.25) is 0 Å². The third-order valence-electron chi connectivity index (χ3n) is 0.953. The average Bonchev–Trinajstić information content (AvgIpc) is 1.88. The molecule has 0 fully saturated rings. The molecule has 0 saturated heterocycles. The van der Waals surface area contributed by atoms with Gasteiger partial charge in [-0.3, -0.25) is 0 Å². The van der Waals surface area contributed by atoms with Gasteiger partial charge < -0.3 is 9.84 Å². The van der Waals surface area contributed by atoms with E-state index in [0.29, 0.717) is 0 Å². The predicted molar refractivity (Wildman–Crippen MR) is 37.6 cm³/mol. The van der Waals surface area contributed by atoms with Gasteiger partial charge >= 0.3 is 5.97 Å². The Labute approximate surface area is 64.7 Å². The summed E-state index contributed by atoms with van der Waals surface area (Å²) in [6, 6.07) is 1.54. The Bertz CT molecular complexity index is 220. The fraction of sp³-hybridized carbons (Fsp3) is 0.429. The van der Waals surface area contributed by atoms with Crippen LogP contribution in [0, 0.1) is 11.3 Å². The molecule has 0 rings (SSSR count). The highest BCUT2D eigenvalue weighted by atomic mass is 16.5. The van der Waals surface area contributed by atoms with Gasteiger partial charge in [-0.25, -0.2) is 4.79 Å². The molecule has 0 spiro atoms. The van der Waals surface area contributed by atoms with E-state index in [9.17, 15) is 4.79 Å². The smallest absolute Gasteiger partial charge is 0.352 e. The lowest BCUT2D eigenvalue weighted by molar-refractivity contribution is -0.138. The Hall–Kier alpha value is -1.50. The summed E-state index contributed by atoms with van der Waals surface area (Å²) < 4.78 is 4.48. The Morgan fingerprint density at radius 2 is 2.27 bits per heavy atom. The van der Waals surface area contributed by atoms with Crippen molar-refractivity contribution in [2.75, 3.05) is 6.61 Å². The minimum atomic E-state index is -0.782. The zero-order valence-corrected chi connectivity index (χ0v) is 6.42. The minimum absolute atomic E-state index is 0.192. The summed E-state index contributed by atoms with van der Waals surface area (Å²) in [5.74, 6) is -1.10. The molecule has 0 atom stereocenters. The van der Waals surface area contributed by atoms with Crippen LogP contribution >= 0.6 is 0 Å². The lowest BCUT2D eigenvalue weighted by Gasteiger charge is -1.98. The Morgan fingerprint density at radius 3 is 2.55 bits per heavy atom. The number of aliphatic hydroxyl groups excluding tert-OH is 1. The number of carbonyl (C=O) groups excluding carboxylic acids is 1. The van der Waals surface area contributed by atoms with Crippen molar-refractivity contribution in [2.24, 2.45) is 0 Å². The second-order valence-corrected chi connectivity index (χ2v) is 1.79. The van der Waals surface area contributed by atoms with E-state index < -0.39 is 5.97 Å². The van der Waals surface area contributed by atoms with Gasteiger partial charge in [0.1, 0.15) is 11.8 Å². The Balaban J connectivity index is 4.45. The number of hydrogen-bond donors (Lipinski definition) is 1. The van der Waals surface area contributed by atoms with Gasteiger partial charge in [-0.05, 0) is 13.8 Å². The normalized spacial score (nSPS) is 11.4. The number of carbonyl (C=O) groups is 1. The second kappa shape index (κ2) is 4.34. The van der Waals surface area contributed by atoms with Gasteiger partial charge in [0.2, 0.25) is 0 Å². The first-order valence-electron chi connectivity index (χ1n) is 3.10. The zero-order valence-electron chi connectivity index (χ0n) is 6.42. The SMILES string of the molecule is CCOC(=O)/C(C#N)=C(\C)O.